The Labute approximate surface area is 122 Å². The van der Waals surface area contributed by atoms with Crippen LogP contribution in [0.3, 0.4) is 0 Å². The maximum absolute atomic E-state index is 12.0. The van der Waals surface area contributed by atoms with Crippen LogP contribution in [-0.4, -0.2) is 58.6 Å². The number of hydrogen-bond donors (Lipinski definition) is 0. The van der Waals surface area contributed by atoms with Crippen molar-refractivity contribution < 1.29 is 42.2 Å². The van der Waals surface area contributed by atoms with Gasteiger partial charge in [-0.1, -0.05) is 0 Å². The summed E-state index contributed by atoms with van der Waals surface area (Å²) in [4.78, 5) is 35.0. The maximum atomic E-state index is 12.0. The number of rotatable bonds is 8. The van der Waals surface area contributed by atoms with E-state index in [0.717, 1.165) is 35.1 Å². The molecule has 0 spiro atoms. The predicted molar refractivity (Wildman–Crippen MR) is 69.6 cm³/mol. The van der Waals surface area contributed by atoms with E-state index in [1.165, 1.54) is 0 Å². The van der Waals surface area contributed by atoms with E-state index in [9.17, 15) is 18.9 Å². The Balaban J connectivity index is 5.70. The summed E-state index contributed by atoms with van der Waals surface area (Å²) in [6.45, 7) is 1.08. The van der Waals surface area contributed by atoms with Crippen molar-refractivity contribution in [2.45, 2.75) is 18.4 Å². The Morgan fingerprint density at radius 3 is 1.62 bits per heavy atom. The lowest BCUT2D eigenvalue weighted by Crippen LogP contribution is -2.46. The number of carbonyl (C=O) groups excluding carboxylic acids is 3. The molecule has 0 saturated carbocycles. The molecule has 0 aliphatic rings. The van der Waals surface area contributed by atoms with Crippen LogP contribution in [0.25, 0.3) is 0 Å². The molecule has 0 bridgehead atoms. The fourth-order valence-corrected chi connectivity index (χ4v) is 2.37. The van der Waals surface area contributed by atoms with Gasteiger partial charge in [0.05, 0.1) is 34.2 Å². The van der Waals surface area contributed by atoms with Crippen molar-refractivity contribution in [3.63, 3.8) is 0 Å². The normalized spacial score (nSPS) is 14.0. The third kappa shape index (κ3) is 5.82. The highest BCUT2D eigenvalue weighted by molar-refractivity contribution is 7.53. The molecule has 0 aliphatic carbocycles. The van der Waals surface area contributed by atoms with Gasteiger partial charge in [-0.2, -0.15) is 0 Å². The number of esters is 3. The highest BCUT2D eigenvalue weighted by atomic mass is 31.2. The minimum atomic E-state index is -3.71. The number of methoxy groups -OCH3 is 3. The molecule has 0 fully saturated rings. The first kappa shape index (κ1) is 19.6. The molecular formula is C11H19O9P. The van der Waals surface area contributed by atoms with E-state index in [1.54, 1.807) is 0 Å². The first-order valence-electron chi connectivity index (χ1n) is 5.72. The van der Waals surface area contributed by atoms with Crippen molar-refractivity contribution in [1.29, 1.82) is 0 Å². The SMILES string of the molecule is COC(=O)CC(CC(=O)OC)(OP(C)(=O)OC)C(=O)OC. The van der Waals surface area contributed by atoms with Crippen LogP contribution in [-0.2, 0) is 42.2 Å². The molecule has 0 heterocycles. The van der Waals surface area contributed by atoms with Crippen LogP contribution in [0.1, 0.15) is 12.8 Å². The van der Waals surface area contributed by atoms with Crippen molar-refractivity contribution in [2.75, 3.05) is 35.1 Å². The van der Waals surface area contributed by atoms with Crippen molar-refractivity contribution in [3.05, 3.63) is 0 Å². The summed E-state index contributed by atoms with van der Waals surface area (Å²) in [5.74, 6) is -2.79. The fraction of sp³-hybridized carbons (Fsp3) is 0.727. The lowest BCUT2D eigenvalue weighted by Gasteiger charge is -2.30. The minimum absolute atomic E-state index is 0.688. The van der Waals surface area contributed by atoms with Gasteiger partial charge in [0.1, 0.15) is 0 Å². The lowest BCUT2D eigenvalue weighted by atomic mass is 9.95. The van der Waals surface area contributed by atoms with Gasteiger partial charge in [-0.05, 0) is 0 Å². The highest BCUT2D eigenvalue weighted by Gasteiger charge is 2.49. The smallest absolute Gasteiger partial charge is 0.339 e. The van der Waals surface area contributed by atoms with Crippen molar-refractivity contribution >= 4 is 25.5 Å². The highest BCUT2D eigenvalue weighted by Crippen LogP contribution is 2.49. The number of hydrogen-bond acceptors (Lipinski definition) is 9. The average molecular weight is 326 g/mol. The van der Waals surface area contributed by atoms with Gasteiger partial charge in [0.2, 0.25) is 0 Å². The summed E-state index contributed by atoms with van der Waals surface area (Å²) in [5, 5.41) is 0. The van der Waals surface area contributed by atoms with Crippen LogP contribution in [0.5, 0.6) is 0 Å². The van der Waals surface area contributed by atoms with Crippen molar-refractivity contribution in [1.82, 2.24) is 0 Å². The zero-order valence-electron chi connectivity index (χ0n) is 12.5. The number of carbonyl (C=O) groups is 3. The molecule has 0 amide bonds. The Bertz CT molecular complexity index is 427. The van der Waals surface area contributed by atoms with Crippen LogP contribution in [0, 0.1) is 0 Å². The third-order valence-electron chi connectivity index (χ3n) is 2.54. The van der Waals surface area contributed by atoms with E-state index in [-0.39, 0.29) is 0 Å². The van der Waals surface area contributed by atoms with E-state index >= 15 is 0 Å². The van der Waals surface area contributed by atoms with Gasteiger partial charge in [-0.15, -0.1) is 0 Å². The van der Waals surface area contributed by atoms with Crippen LogP contribution in [0.4, 0.5) is 0 Å². The van der Waals surface area contributed by atoms with Gasteiger partial charge in [0.25, 0.3) is 0 Å². The Kier molecular flexibility index (Phi) is 7.56. The lowest BCUT2D eigenvalue weighted by molar-refractivity contribution is -0.171. The zero-order valence-corrected chi connectivity index (χ0v) is 13.4. The summed E-state index contributed by atoms with van der Waals surface area (Å²) in [6, 6.07) is 0. The van der Waals surface area contributed by atoms with Crippen LogP contribution < -0.4 is 0 Å². The van der Waals surface area contributed by atoms with E-state index in [2.05, 4.69) is 18.7 Å². The van der Waals surface area contributed by atoms with E-state index in [0.29, 0.717) is 0 Å². The Hall–Kier alpha value is -1.44. The molecule has 0 rings (SSSR count). The van der Waals surface area contributed by atoms with E-state index < -0.39 is 43.9 Å². The average Bonchev–Trinajstić information content (AvgIpc) is 2.45. The molecule has 0 aromatic heterocycles. The topological polar surface area (TPSA) is 114 Å². The first-order valence-corrected chi connectivity index (χ1v) is 7.71. The van der Waals surface area contributed by atoms with Gasteiger partial charge in [0.15, 0.2) is 5.60 Å². The molecule has 10 heteroatoms. The van der Waals surface area contributed by atoms with Crippen LogP contribution >= 0.6 is 7.60 Å². The molecule has 1 atom stereocenters. The summed E-state index contributed by atoms with van der Waals surface area (Å²) in [6.07, 6.45) is -1.38. The summed E-state index contributed by atoms with van der Waals surface area (Å²) < 4.78 is 35.2. The Morgan fingerprint density at radius 1 is 0.905 bits per heavy atom. The van der Waals surface area contributed by atoms with Crippen molar-refractivity contribution in [3.8, 4) is 0 Å². The summed E-state index contributed by atoms with van der Waals surface area (Å²) in [7, 11) is 0.590. The summed E-state index contributed by atoms with van der Waals surface area (Å²) >= 11 is 0. The quantitative estimate of drug-likeness (QED) is 0.357. The van der Waals surface area contributed by atoms with E-state index in [4.69, 9.17) is 4.52 Å². The second kappa shape index (κ2) is 8.11. The molecule has 0 aromatic rings. The molecule has 122 valence electrons. The largest absolute Gasteiger partial charge is 0.469 e. The third-order valence-corrected chi connectivity index (χ3v) is 3.89. The number of ether oxygens (including phenoxy) is 3. The van der Waals surface area contributed by atoms with E-state index in [1.807, 2.05) is 0 Å². The molecule has 0 aliphatic heterocycles. The van der Waals surface area contributed by atoms with Gasteiger partial charge in [-0.3, -0.25) is 18.7 Å². The fourth-order valence-electron chi connectivity index (χ4n) is 1.46. The second-order valence-corrected chi connectivity index (χ2v) is 6.13. The molecule has 9 nitrogen and oxygen atoms in total. The van der Waals surface area contributed by atoms with Gasteiger partial charge < -0.3 is 18.7 Å². The molecule has 0 radical (unpaired) electrons. The first-order chi connectivity index (χ1) is 9.66. The Morgan fingerprint density at radius 2 is 1.33 bits per heavy atom. The molecule has 0 N–H and O–H groups in total. The molecular weight excluding hydrogens is 307 g/mol. The van der Waals surface area contributed by atoms with Crippen molar-refractivity contribution in [2.24, 2.45) is 0 Å². The van der Waals surface area contributed by atoms with Gasteiger partial charge in [-0.25, -0.2) is 4.79 Å². The zero-order chi connectivity index (χ0) is 16.7. The standard InChI is InChI=1S/C11H19O9P/c1-16-8(12)6-11(10(14)18-3,7-9(13)17-2)20-21(5,15)19-4/h6-7H2,1-5H3. The maximum Gasteiger partial charge on any atom is 0.339 e. The monoisotopic (exact) mass is 326 g/mol. The van der Waals surface area contributed by atoms with Crippen LogP contribution in [0.15, 0.2) is 0 Å². The summed E-state index contributed by atoms with van der Waals surface area (Å²) in [5.41, 5.74) is -2.16. The van der Waals surface area contributed by atoms with Crippen LogP contribution in [0.2, 0.25) is 0 Å². The van der Waals surface area contributed by atoms with Gasteiger partial charge >= 0.3 is 25.5 Å². The minimum Gasteiger partial charge on any atom is -0.469 e. The second-order valence-electron chi connectivity index (χ2n) is 4.04. The van der Waals surface area contributed by atoms with Gasteiger partial charge in [0, 0.05) is 13.8 Å². The predicted octanol–water partition coefficient (Wildman–Crippen LogP) is 0.510. The molecule has 21 heavy (non-hydrogen) atoms. The molecule has 0 aromatic carbocycles. The molecule has 0 saturated heterocycles. The molecule has 1 unspecified atom stereocenters.